The number of benzene rings is 3. The van der Waals surface area contributed by atoms with Crippen LogP contribution in [0.2, 0.25) is 0 Å². The smallest absolute Gasteiger partial charge is 0.145 e. The van der Waals surface area contributed by atoms with Crippen LogP contribution in [0.25, 0.3) is 21.9 Å². The molecular weight excluding hydrogens is 398 g/mol. The Morgan fingerprint density at radius 1 is 0.815 bits per heavy atom. The van der Waals surface area contributed by atoms with Crippen molar-refractivity contribution in [3.05, 3.63) is 94.2 Å². The predicted octanol–water partition coefficient (Wildman–Crippen LogP) is 6.86. The van der Waals surface area contributed by atoms with Crippen molar-refractivity contribution in [1.29, 1.82) is 0 Å². The summed E-state index contributed by atoms with van der Waals surface area (Å²) in [5.74, 6) is 0.847. The Balaban J connectivity index is 1.88. The molecule has 0 radical (unpaired) electrons. The van der Waals surface area contributed by atoms with Gasteiger partial charge in [0.05, 0.1) is 10.2 Å². The molecule has 1 heterocycles. The minimum atomic E-state index is 0.514. The van der Waals surface area contributed by atoms with Crippen LogP contribution in [0.5, 0.6) is 5.75 Å². The number of fused-ring (bicyclic) bond motifs is 1. The molecule has 0 N–H and O–H groups in total. The average Bonchev–Trinajstić information content (AvgIpc) is 2.70. The van der Waals surface area contributed by atoms with Crippen molar-refractivity contribution in [2.75, 3.05) is 0 Å². The molecule has 0 unspecified atom stereocenters. The van der Waals surface area contributed by atoms with Crippen LogP contribution in [0.1, 0.15) is 17.0 Å². The summed E-state index contributed by atoms with van der Waals surface area (Å²) < 4.78 is 7.24. The molecule has 2 nitrogen and oxygen atoms in total. The standard InChI is InChI=1S/C24H20BrNO/c1-16-22(21-14-8-12-19-11-6-7-13-20(19)21)24(23(25)17(2)26-16)27-15-18-9-4-3-5-10-18/h3-14H,15H2,1-2H3. The van der Waals surface area contributed by atoms with Crippen LogP contribution in [-0.2, 0) is 6.61 Å². The van der Waals surface area contributed by atoms with Crippen molar-refractivity contribution in [1.82, 2.24) is 4.98 Å². The molecule has 4 aromatic rings. The highest BCUT2D eigenvalue weighted by molar-refractivity contribution is 9.10. The molecule has 0 saturated carbocycles. The SMILES string of the molecule is Cc1nc(C)c(-c2cccc3ccccc23)c(OCc2ccccc2)c1Br. The number of rotatable bonds is 4. The Morgan fingerprint density at radius 2 is 1.52 bits per heavy atom. The fourth-order valence-corrected chi connectivity index (χ4v) is 3.82. The van der Waals surface area contributed by atoms with E-state index in [-0.39, 0.29) is 0 Å². The Morgan fingerprint density at radius 3 is 2.33 bits per heavy atom. The predicted molar refractivity (Wildman–Crippen MR) is 115 cm³/mol. The fraction of sp³-hybridized carbons (Fsp3) is 0.125. The van der Waals surface area contributed by atoms with Gasteiger partial charge in [0.1, 0.15) is 12.4 Å². The zero-order valence-corrected chi connectivity index (χ0v) is 17.0. The van der Waals surface area contributed by atoms with Gasteiger partial charge in [-0.2, -0.15) is 0 Å². The molecule has 27 heavy (non-hydrogen) atoms. The van der Waals surface area contributed by atoms with Gasteiger partial charge in [-0.15, -0.1) is 0 Å². The van der Waals surface area contributed by atoms with Crippen LogP contribution >= 0.6 is 15.9 Å². The first-order chi connectivity index (χ1) is 13.1. The van der Waals surface area contributed by atoms with E-state index >= 15 is 0 Å². The highest BCUT2D eigenvalue weighted by Crippen LogP contribution is 2.42. The lowest BCUT2D eigenvalue weighted by atomic mass is 9.96. The molecule has 1 aromatic heterocycles. The largest absolute Gasteiger partial charge is 0.487 e. The van der Waals surface area contributed by atoms with Crippen LogP contribution < -0.4 is 4.74 Å². The molecule has 0 amide bonds. The number of ether oxygens (including phenoxy) is 1. The van der Waals surface area contributed by atoms with Crippen LogP contribution in [0.15, 0.2) is 77.3 Å². The molecule has 0 aliphatic carbocycles. The summed E-state index contributed by atoms with van der Waals surface area (Å²) in [7, 11) is 0. The van der Waals surface area contributed by atoms with Gasteiger partial charge in [0, 0.05) is 11.3 Å². The van der Waals surface area contributed by atoms with Gasteiger partial charge in [-0.1, -0.05) is 72.8 Å². The lowest BCUT2D eigenvalue weighted by Crippen LogP contribution is -2.02. The van der Waals surface area contributed by atoms with E-state index in [1.54, 1.807) is 0 Å². The summed E-state index contributed by atoms with van der Waals surface area (Å²) in [6.07, 6.45) is 0. The third-order valence-electron chi connectivity index (χ3n) is 4.73. The monoisotopic (exact) mass is 417 g/mol. The number of hydrogen-bond donors (Lipinski definition) is 0. The Bertz CT molecular complexity index is 1100. The summed E-state index contributed by atoms with van der Waals surface area (Å²) in [6, 6.07) is 25.0. The number of aromatic nitrogens is 1. The van der Waals surface area contributed by atoms with E-state index in [9.17, 15) is 0 Å². The van der Waals surface area contributed by atoms with E-state index < -0.39 is 0 Å². The highest BCUT2D eigenvalue weighted by Gasteiger charge is 2.19. The molecule has 0 bridgehead atoms. The van der Waals surface area contributed by atoms with Gasteiger partial charge in [0.15, 0.2) is 0 Å². The number of halogens is 1. The van der Waals surface area contributed by atoms with Crippen LogP contribution in [-0.4, -0.2) is 4.98 Å². The second-order valence-electron chi connectivity index (χ2n) is 6.60. The minimum Gasteiger partial charge on any atom is -0.487 e. The zero-order chi connectivity index (χ0) is 18.8. The summed E-state index contributed by atoms with van der Waals surface area (Å²) in [5.41, 5.74) is 5.22. The number of hydrogen-bond acceptors (Lipinski definition) is 2. The van der Waals surface area contributed by atoms with Crippen LogP contribution in [0.3, 0.4) is 0 Å². The molecule has 0 atom stereocenters. The topological polar surface area (TPSA) is 22.1 Å². The molecule has 0 spiro atoms. The molecule has 0 aliphatic rings. The summed E-state index contributed by atoms with van der Waals surface area (Å²) in [6.45, 7) is 4.56. The Labute approximate surface area is 168 Å². The molecule has 3 aromatic carbocycles. The molecule has 0 fully saturated rings. The van der Waals surface area contributed by atoms with E-state index in [0.717, 1.165) is 38.3 Å². The lowest BCUT2D eigenvalue weighted by Gasteiger charge is -2.18. The maximum Gasteiger partial charge on any atom is 0.145 e. The first-order valence-corrected chi connectivity index (χ1v) is 9.76. The minimum absolute atomic E-state index is 0.514. The van der Waals surface area contributed by atoms with E-state index in [1.807, 2.05) is 32.0 Å². The second kappa shape index (κ2) is 7.53. The van der Waals surface area contributed by atoms with Crippen molar-refractivity contribution in [3.8, 4) is 16.9 Å². The van der Waals surface area contributed by atoms with Gasteiger partial charge in [0.2, 0.25) is 0 Å². The zero-order valence-electron chi connectivity index (χ0n) is 15.4. The average molecular weight is 418 g/mol. The van der Waals surface area contributed by atoms with E-state index in [0.29, 0.717) is 6.61 Å². The van der Waals surface area contributed by atoms with Gasteiger partial charge in [-0.25, -0.2) is 0 Å². The van der Waals surface area contributed by atoms with Gasteiger partial charge < -0.3 is 4.74 Å². The number of pyridine rings is 1. The van der Waals surface area contributed by atoms with Gasteiger partial charge in [-0.05, 0) is 51.7 Å². The first kappa shape index (κ1) is 17.7. The number of aryl methyl sites for hydroxylation is 2. The maximum absolute atomic E-state index is 6.33. The normalized spacial score (nSPS) is 10.9. The van der Waals surface area contributed by atoms with Gasteiger partial charge >= 0.3 is 0 Å². The third-order valence-corrected chi connectivity index (χ3v) is 5.66. The van der Waals surface area contributed by atoms with Crippen LogP contribution in [0.4, 0.5) is 0 Å². The fourth-order valence-electron chi connectivity index (χ4n) is 3.42. The van der Waals surface area contributed by atoms with E-state index in [2.05, 4.69) is 70.5 Å². The van der Waals surface area contributed by atoms with Gasteiger partial charge in [-0.3, -0.25) is 4.98 Å². The van der Waals surface area contributed by atoms with Crippen molar-refractivity contribution in [2.45, 2.75) is 20.5 Å². The second-order valence-corrected chi connectivity index (χ2v) is 7.39. The summed E-state index contributed by atoms with van der Waals surface area (Å²) in [4.78, 5) is 4.75. The molecular formula is C24H20BrNO. The Hall–Kier alpha value is -2.65. The van der Waals surface area contributed by atoms with Crippen molar-refractivity contribution >= 4 is 26.7 Å². The summed E-state index contributed by atoms with van der Waals surface area (Å²) in [5, 5.41) is 2.41. The maximum atomic E-state index is 6.33. The number of nitrogens with zero attached hydrogens (tertiary/aromatic N) is 1. The first-order valence-electron chi connectivity index (χ1n) is 8.96. The molecule has 0 saturated heterocycles. The molecule has 134 valence electrons. The van der Waals surface area contributed by atoms with Crippen molar-refractivity contribution in [2.24, 2.45) is 0 Å². The molecule has 4 rings (SSSR count). The van der Waals surface area contributed by atoms with Crippen molar-refractivity contribution < 1.29 is 4.74 Å². The van der Waals surface area contributed by atoms with E-state index in [4.69, 9.17) is 9.72 Å². The molecule has 0 aliphatic heterocycles. The van der Waals surface area contributed by atoms with E-state index in [1.165, 1.54) is 10.8 Å². The lowest BCUT2D eigenvalue weighted by molar-refractivity contribution is 0.304. The van der Waals surface area contributed by atoms with Crippen LogP contribution in [0, 0.1) is 13.8 Å². The highest BCUT2D eigenvalue weighted by atomic mass is 79.9. The van der Waals surface area contributed by atoms with Crippen molar-refractivity contribution in [3.63, 3.8) is 0 Å². The third kappa shape index (κ3) is 3.47. The quantitative estimate of drug-likeness (QED) is 0.361. The Kier molecular flexibility index (Phi) is 4.95. The molecule has 3 heteroatoms. The van der Waals surface area contributed by atoms with Gasteiger partial charge in [0.25, 0.3) is 0 Å². The summed E-state index contributed by atoms with van der Waals surface area (Å²) >= 11 is 3.71.